The number of fused-ring (bicyclic) bond motifs is 1. The van der Waals surface area contributed by atoms with E-state index < -0.39 is 0 Å². The van der Waals surface area contributed by atoms with E-state index in [1.165, 1.54) is 10.9 Å². The second kappa shape index (κ2) is 5.47. The third-order valence-corrected chi connectivity index (χ3v) is 4.86. The molecule has 0 bridgehead atoms. The Morgan fingerprint density at radius 1 is 1.40 bits per heavy atom. The molecular weight excluding hydrogens is 363 g/mol. The Morgan fingerprint density at radius 3 is 2.85 bits per heavy atom. The minimum atomic E-state index is -0.313. The SMILES string of the molecule is CC(Cl)c1nc2c(F)cccc2n1Cc1ccc(Br)s1. The molecule has 2 aromatic heterocycles. The van der Waals surface area contributed by atoms with Crippen LogP contribution in [0.3, 0.4) is 0 Å². The molecule has 0 N–H and O–H groups in total. The molecule has 0 fully saturated rings. The van der Waals surface area contributed by atoms with Crippen molar-refractivity contribution in [3.8, 4) is 0 Å². The van der Waals surface area contributed by atoms with Crippen molar-refractivity contribution in [2.75, 3.05) is 0 Å². The minimum Gasteiger partial charge on any atom is -0.321 e. The Labute approximate surface area is 133 Å². The smallest absolute Gasteiger partial charge is 0.151 e. The van der Waals surface area contributed by atoms with E-state index >= 15 is 0 Å². The van der Waals surface area contributed by atoms with Crippen LogP contribution in [0.15, 0.2) is 34.1 Å². The molecule has 1 atom stereocenters. The number of rotatable bonds is 3. The van der Waals surface area contributed by atoms with Crippen LogP contribution in [0.25, 0.3) is 11.0 Å². The van der Waals surface area contributed by atoms with E-state index in [9.17, 15) is 4.39 Å². The lowest BCUT2D eigenvalue weighted by molar-refractivity contribution is 0.637. The lowest BCUT2D eigenvalue weighted by atomic mass is 10.3. The predicted molar refractivity (Wildman–Crippen MR) is 85.1 cm³/mol. The van der Waals surface area contributed by atoms with Crippen molar-refractivity contribution in [2.24, 2.45) is 0 Å². The van der Waals surface area contributed by atoms with E-state index in [2.05, 4.69) is 20.9 Å². The third kappa shape index (κ3) is 2.50. The summed E-state index contributed by atoms with van der Waals surface area (Å²) in [7, 11) is 0. The summed E-state index contributed by atoms with van der Waals surface area (Å²) >= 11 is 11.3. The van der Waals surface area contributed by atoms with Crippen LogP contribution < -0.4 is 0 Å². The van der Waals surface area contributed by atoms with E-state index in [0.717, 1.165) is 9.30 Å². The number of imidazole rings is 1. The highest BCUT2D eigenvalue weighted by Crippen LogP contribution is 2.29. The number of thiophene rings is 1. The summed E-state index contributed by atoms with van der Waals surface area (Å²) in [5.74, 6) is 0.378. The van der Waals surface area contributed by atoms with Crippen molar-refractivity contribution >= 4 is 49.9 Å². The van der Waals surface area contributed by atoms with Crippen molar-refractivity contribution in [3.63, 3.8) is 0 Å². The van der Waals surface area contributed by atoms with Gasteiger partial charge < -0.3 is 4.57 Å². The van der Waals surface area contributed by atoms with Crippen molar-refractivity contribution in [2.45, 2.75) is 18.8 Å². The maximum atomic E-state index is 13.9. The molecule has 2 nitrogen and oxygen atoms in total. The summed E-state index contributed by atoms with van der Waals surface area (Å²) in [6, 6.07) is 9.04. The standard InChI is InChI=1S/C14H11BrClFN2S/c1-8(16)14-18-13-10(17)3-2-4-11(13)19(14)7-9-5-6-12(15)20-9/h2-6,8H,7H2,1H3. The minimum absolute atomic E-state index is 0.273. The van der Waals surface area contributed by atoms with Crippen LogP contribution in [0.5, 0.6) is 0 Å². The van der Waals surface area contributed by atoms with Gasteiger partial charge in [-0.1, -0.05) is 6.07 Å². The largest absolute Gasteiger partial charge is 0.321 e. The van der Waals surface area contributed by atoms with Crippen LogP contribution in [-0.2, 0) is 6.54 Å². The van der Waals surface area contributed by atoms with Crippen LogP contribution in [0, 0.1) is 5.82 Å². The fourth-order valence-electron chi connectivity index (χ4n) is 2.19. The van der Waals surface area contributed by atoms with Gasteiger partial charge in [0.15, 0.2) is 5.82 Å². The molecule has 0 aliphatic heterocycles. The maximum Gasteiger partial charge on any atom is 0.151 e. The molecule has 3 rings (SSSR count). The number of para-hydroxylation sites is 1. The summed E-state index contributed by atoms with van der Waals surface area (Å²) in [6.07, 6.45) is 0. The Bertz CT molecular complexity index is 766. The van der Waals surface area contributed by atoms with Gasteiger partial charge in [0.1, 0.15) is 11.3 Å². The molecule has 0 aliphatic carbocycles. The van der Waals surface area contributed by atoms with Gasteiger partial charge in [-0.2, -0.15) is 0 Å². The number of alkyl halides is 1. The first kappa shape index (κ1) is 14.0. The van der Waals surface area contributed by atoms with Gasteiger partial charge in [-0.3, -0.25) is 0 Å². The molecule has 0 saturated carbocycles. The zero-order valence-electron chi connectivity index (χ0n) is 10.6. The lowest BCUT2D eigenvalue weighted by Crippen LogP contribution is -2.04. The van der Waals surface area contributed by atoms with Gasteiger partial charge in [0.2, 0.25) is 0 Å². The zero-order valence-corrected chi connectivity index (χ0v) is 13.8. The Hall–Kier alpha value is -0.910. The molecule has 1 unspecified atom stereocenters. The molecule has 0 spiro atoms. The highest BCUT2D eigenvalue weighted by molar-refractivity contribution is 9.11. The molecule has 2 heterocycles. The molecule has 104 valence electrons. The van der Waals surface area contributed by atoms with Crippen molar-refractivity contribution in [1.82, 2.24) is 9.55 Å². The molecule has 0 radical (unpaired) electrons. The maximum absolute atomic E-state index is 13.9. The van der Waals surface area contributed by atoms with Crippen LogP contribution in [0.2, 0.25) is 0 Å². The van der Waals surface area contributed by atoms with Crippen molar-refractivity contribution < 1.29 is 4.39 Å². The summed E-state index contributed by atoms with van der Waals surface area (Å²) in [5, 5.41) is -0.273. The van der Waals surface area contributed by atoms with Gasteiger partial charge in [0.25, 0.3) is 0 Å². The normalized spacial score (nSPS) is 13.0. The van der Waals surface area contributed by atoms with Crippen LogP contribution in [-0.4, -0.2) is 9.55 Å². The quantitative estimate of drug-likeness (QED) is 0.566. The van der Waals surface area contributed by atoms with E-state index in [1.54, 1.807) is 17.4 Å². The lowest BCUT2D eigenvalue weighted by Gasteiger charge is -2.09. The number of hydrogen-bond acceptors (Lipinski definition) is 2. The number of aromatic nitrogens is 2. The molecule has 0 saturated heterocycles. The van der Waals surface area contributed by atoms with Gasteiger partial charge >= 0.3 is 0 Å². The Kier molecular flexibility index (Phi) is 3.84. The van der Waals surface area contributed by atoms with E-state index in [1.807, 2.05) is 29.7 Å². The Balaban J connectivity index is 2.16. The van der Waals surface area contributed by atoms with E-state index in [-0.39, 0.29) is 11.2 Å². The number of hydrogen-bond donors (Lipinski definition) is 0. The van der Waals surface area contributed by atoms with Crippen LogP contribution in [0.1, 0.15) is 23.0 Å². The van der Waals surface area contributed by atoms with E-state index in [4.69, 9.17) is 11.6 Å². The fraction of sp³-hybridized carbons (Fsp3) is 0.214. The topological polar surface area (TPSA) is 17.8 Å². The average molecular weight is 374 g/mol. The predicted octanol–water partition coefficient (Wildman–Crippen LogP) is 5.35. The van der Waals surface area contributed by atoms with Gasteiger partial charge in [-0.15, -0.1) is 22.9 Å². The molecule has 6 heteroatoms. The van der Waals surface area contributed by atoms with Gasteiger partial charge in [0.05, 0.1) is 21.2 Å². The highest BCUT2D eigenvalue weighted by Gasteiger charge is 2.17. The second-order valence-corrected chi connectivity index (χ2v) is 7.69. The van der Waals surface area contributed by atoms with Crippen LogP contribution >= 0.6 is 38.9 Å². The Morgan fingerprint density at radius 2 is 2.20 bits per heavy atom. The molecular formula is C14H11BrClFN2S. The number of benzene rings is 1. The van der Waals surface area contributed by atoms with Gasteiger partial charge in [-0.05, 0) is 47.1 Å². The molecule has 0 amide bonds. The third-order valence-electron chi connectivity index (χ3n) is 3.06. The summed E-state index contributed by atoms with van der Waals surface area (Å²) in [6.45, 7) is 2.49. The van der Waals surface area contributed by atoms with Gasteiger partial charge in [-0.25, -0.2) is 9.37 Å². The molecule has 1 aromatic carbocycles. The second-order valence-electron chi connectivity index (χ2n) is 4.49. The molecule has 0 aliphatic rings. The van der Waals surface area contributed by atoms with Crippen molar-refractivity contribution in [3.05, 3.63) is 50.6 Å². The van der Waals surface area contributed by atoms with Gasteiger partial charge in [0, 0.05) is 4.88 Å². The molecule has 3 aromatic rings. The zero-order chi connectivity index (χ0) is 14.3. The monoisotopic (exact) mass is 372 g/mol. The van der Waals surface area contributed by atoms with E-state index in [0.29, 0.717) is 17.9 Å². The number of nitrogens with zero attached hydrogens (tertiary/aromatic N) is 2. The van der Waals surface area contributed by atoms with Crippen LogP contribution in [0.4, 0.5) is 4.39 Å². The first-order valence-corrected chi connectivity index (χ1v) is 8.14. The van der Waals surface area contributed by atoms with Crippen molar-refractivity contribution in [1.29, 1.82) is 0 Å². The molecule has 20 heavy (non-hydrogen) atoms. The fourth-order valence-corrected chi connectivity index (χ4v) is 3.83. The highest BCUT2D eigenvalue weighted by atomic mass is 79.9. The average Bonchev–Trinajstić information content (AvgIpc) is 2.96. The first-order valence-electron chi connectivity index (χ1n) is 6.09. The summed E-state index contributed by atoms with van der Waals surface area (Å²) in [5.41, 5.74) is 1.16. The number of halogens is 3. The summed E-state index contributed by atoms with van der Waals surface area (Å²) in [4.78, 5) is 5.53. The first-order chi connectivity index (χ1) is 9.56. The summed E-state index contributed by atoms with van der Waals surface area (Å²) < 4.78 is 16.9.